The summed E-state index contributed by atoms with van der Waals surface area (Å²) in [5.41, 5.74) is 0. The Labute approximate surface area is 124 Å². The quantitative estimate of drug-likeness (QED) is 0.405. The molecule has 116 valence electrons. The van der Waals surface area contributed by atoms with E-state index in [2.05, 4.69) is 11.2 Å². The van der Waals surface area contributed by atoms with Gasteiger partial charge in [0, 0.05) is 32.0 Å². The molecule has 0 aromatic carbocycles. The van der Waals surface area contributed by atoms with Crippen molar-refractivity contribution in [2.24, 2.45) is 0 Å². The van der Waals surface area contributed by atoms with E-state index in [-0.39, 0.29) is 6.10 Å². The second-order valence-electron chi connectivity index (χ2n) is 3.90. The number of hydrogen-bond acceptors (Lipinski definition) is 7. The first kappa shape index (κ1) is 19.4. The number of rotatable bonds is 12. The predicted molar refractivity (Wildman–Crippen MR) is 80.6 cm³/mol. The van der Waals surface area contributed by atoms with Gasteiger partial charge in [0.15, 0.2) is 0 Å². The minimum Gasteiger partial charge on any atom is -0.441 e. The Morgan fingerprint density at radius 3 is 1.84 bits per heavy atom. The van der Waals surface area contributed by atoms with E-state index < -0.39 is 18.4 Å². The van der Waals surface area contributed by atoms with Gasteiger partial charge in [-0.1, -0.05) is 23.0 Å². The largest absolute Gasteiger partial charge is 0.503 e. The average Bonchev–Trinajstić information content (AvgIpc) is 2.29. The molecule has 0 aliphatic carbocycles. The summed E-state index contributed by atoms with van der Waals surface area (Å²) in [7, 11) is -4.47. The molecule has 0 fully saturated rings. The fourth-order valence-corrected chi connectivity index (χ4v) is 5.47. The molecule has 5 nitrogen and oxygen atoms in total. The van der Waals surface area contributed by atoms with Crippen LogP contribution in [0, 0.1) is 0 Å². The van der Waals surface area contributed by atoms with Crippen molar-refractivity contribution >= 4 is 29.6 Å². The Balaban J connectivity index is 4.87. The van der Waals surface area contributed by atoms with E-state index in [0.29, 0.717) is 25.9 Å². The Bertz CT molecular complexity index is 274. The van der Waals surface area contributed by atoms with Crippen molar-refractivity contribution < 1.29 is 21.7 Å². The van der Waals surface area contributed by atoms with Gasteiger partial charge < -0.3 is 21.7 Å². The third-order valence-corrected chi connectivity index (χ3v) is 6.20. The summed E-state index contributed by atoms with van der Waals surface area (Å²) in [5.74, 6) is 0. The van der Waals surface area contributed by atoms with Gasteiger partial charge in [-0.3, -0.25) is 0 Å². The molecule has 1 unspecified atom stereocenters. The fraction of sp³-hybridized carbons (Fsp3) is 1.00. The third kappa shape index (κ3) is 8.33. The van der Waals surface area contributed by atoms with Gasteiger partial charge in [-0.25, -0.2) is 11.2 Å². The van der Waals surface area contributed by atoms with E-state index in [0.717, 1.165) is 12.8 Å². The highest BCUT2D eigenvalue weighted by Gasteiger charge is 2.42. The molecule has 0 bridgehead atoms. The standard InChI is InChI=1S/C11H25O5S2Si/c1-5-9-11(16-18(12)17)10-19(13-6-2,14-7-3)15-8-4/h11H,5-10H2,1-4H3/q-1. The van der Waals surface area contributed by atoms with Crippen molar-refractivity contribution in [1.29, 1.82) is 0 Å². The van der Waals surface area contributed by atoms with E-state index >= 15 is 0 Å². The molecule has 0 saturated heterocycles. The molecule has 1 atom stereocenters. The minimum atomic E-state index is -2.77. The topological polar surface area (TPSA) is 54.0 Å². The molecule has 0 radical (unpaired) electrons. The summed E-state index contributed by atoms with van der Waals surface area (Å²) in [5, 5.41) is 0. The van der Waals surface area contributed by atoms with Crippen LogP contribution in [-0.2, 0) is 42.5 Å². The van der Waals surface area contributed by atoms with E-state index in [4.69, 9.17) is 17.5 Å². The number of hydrogen-bond donors (Lipinski definition) is 0. The maximum absolute atomic E-state index is 11.1. The summed E-state index contributed by atoms with van der Waals surface area (Å²) in [6, 6.07) is 0.485. The first-order valence-corrected chi connectivity index (χ1v) is 10.6. The second-order valence-corrected chi connectivity index (χ2v) is 7.95. The van der Waals surface area contributed by atoms with Crippen molar-refractivity contribution in [1.82, 2.24) is 0 Å². The van der Waals surface area contributed by atoms with Crippen LogP contribution in [0.25, 0.3) is 0 Å². The molecule has 0 amide bonds. The lowest BCUT2D eigenvalue weighted by Crippen LogP contribution is -2.48. The smallest absolute Gasteiger partial charge is 0.441 e. The zero-order valence-electron chi connectivity index (χ0n) is 12.2. The van der Waals surface area contributed by atoms with Gasteiger partial charge in [0.2, 0.25) is 0 Å². The minimum absolute atomic E-state index is 0.250. The molecule has 0 N–H and O–H groups in total. The van der Waals surface area contributed by atoms with Crippen LogP contribution >= 0.6 is 0 Å². The maximum Gasteiger partial charge on any atom is 0.503 e. The molecule has 0 aromatic rings. The van der Waals surface area contributed by atoms with Crippen LogP contribution in [0.2, 0.25) is 6.04 Å². The summed E-state index contributed by atoms with van der Waals surface area (Å²) in [6.07, 6.45) is 1.41. The Morgan fingerprint density at radius 1 is 1.05 bits per heavy atom. The van der Waals surface area contributed by atoms with Gasteiger partial charge in [-0.05, 0) is 27.2 Å². The lowest BCUT2D eigenvalue weighted by atomic mass is 10.2. The van der Waals surface area contributed by atoms with Gasteiger partial charge >= 0.3 is 8.80 Å². The summed E-state index contributed by atoms with van der Waals surface area (Å²) >= 11 is 4.60. The molecule has 0 aliphatic rings. The molecule has 0 saturated carbocycles. The average molecular weight is 330 g/mol. The van der Waals surface area contributed by atoms with E-state index in [9.17, 15) is 4.21 Å². The Kier molecular flexibility index (Phi) is 11.4. The molecule has 19 heavy (non-hydrogen) atoms. The van der Waals surface area contributed by atoms with Crippen molar-refractivity contribution in [2.75, 3.05) is 19.8 Å². The first-order valence-electron chi connectivity index (χ1n) is 6.71. The molecule has 0 spiro atoms. The molecular weight excluding hydrogens is 304 g/mol. The predicted octanol–water partition coefficient (Wildman–Crippen LogP) is 2.56. The van der Waals surface area contributed by atoms with Crippen LogP contribution < -0.4 is 0 Å². The SMILES string of the molecule is CCCC(C[Si](OCC)(OCC)OCC)O[S-](=O)=S. The van der Waals surface area contributed by atoms with Crippen molar-refractivity contribution in [3.05, 3.63) is 0 Å². The van der Waals surface area contributed by atoms with E-state index in [1.54, 1.807) is 0 Å². The van der Waals surface area contributed by atoms with Crippen LogP contribution in [0.1, 0.15) is 40.5 Å². The summed E-state index contributed by atoms with van der Waals surface area (Å²) < 4.78 is 33.6. The highest BCUT2D eigenvalue weighted by Crippen LogP contribution is 2.22. The lowest BCUT2D eigenvalue weighted by molar-refractivity contribution is 0.0599. The third-order valence-electron chi connectivity index (χ3n) is 2.40. The lowest BCUT2D eigenvalue weighted by Gasteiger charge is -2.32. The first-order chi connectivity index (χ1) is 9.03. The normalized spacial score (nSPS) is 13.9. The fourth-order valence-electron chi connectivity index (χ4n) is 1.86. The molecule has 0 aliphatic heterocycles. The summed E-state index contributed by atoms with van der Waals surface area (Å²) in [6.45, 7) is 9.29. The Hall–Kier alpha value is 0.427. The molecule has 0 heterocycles. The molecule has 8 heteroatoms. The maximum atomic E-state index is 11.1. The summed E-state index contributed by atoms with van der Waals surface area (Å²) in [4.78, 5) is 0. The van der Waals surface area contributed by atoms with Crippen LogP contribution in [-0.4, -0.2) is 34.7 Å². The van der Waals surface area contributed by atoms with E-state index in [1.165, 1.54) is 0 Å². The molecule has 0 rings (SSSR count). The monoisotopic (exact) mass is 329 g/mol. The van der Waals surface area contributed by atoms with Crippen LogP contribution in [0.15, 0.2) is 0 Å². The van der Waals surface area contributed by atoms with Crippen molar-refractivity contribution in [3.63, 3.8) is 0 Å². The highest BCUT2D eigenvalue weighted by atomic mass is 32.8. The van der Waals surface area contributed by atoms with E-state index in [1.807, 2.05) is 27.7 Å². The van der Waals surface area contributed by atoms with Gasteiger partial charge in [-0.2, -0.15) is 0 Å². The van der Waals surface area contributed by atoms with Crippen LogP contribution in [0.4, 0.5) is 0 Å². The highest BCUT2D eigenvalue weighted by molar-refractivity contribution is 8.19. The van der Waals surface area contributed by atoms with Gasteiger partial charge in [0.25, 0.3) is 0 Å². The van der Waals surface area contributed by atoms with Gasteiger partial charge in [-0.15, -0.1) is 0 Å². The Morgan fingerprint density at radius 2 is 1.53 bits per heavy atom. The van der Waals surface area contributed by atoms with Crippen molar-refractivity contribution in [2.45, 2.75) is 52.7 Å². The van der Waals surface area contributed by atoms with Crippen LogP contribution in [0.5, 0.6) is 0 Å². The zero-order chi connectivity index (χ0) is 14.7. The van der Waals surface area contributed by atoms with Gasteiger partial charge in [0.1, 0.15) is 0 Å². The second kappa shape index (κ2) is 11.1. The molecular formula is C11H25O5S2Si-. The molecule has 0 aromatic heterocycles. The van der Waals surface area contributed by atoms with Crippen molar-refractivity contribution in [3.8, 4) is 0 Å². The van der Waals surface area contributed by atoms with Crippen LogP contribution in [0.3, 0.4) is 0 Å². The zero-order valence-corrected chi connectivity index (χ0v) is 14.8. The van der Waals surface area contributed by atoms with Gasteiger partial charge in [0.05, 0.1) is 0 Å².